The highest BCUT2D eigenvalue weighted by atomic mass is 35.5. The van der Waals surface area contributed by atoms with Gasteiger partial charge in [-0.15, -0.1) is 5.10 Å². The van der Waals surface area contributed by atoms with Gasteiger partial charge in [-0.3, -0.25) is 4.79 Å². The number of nitrogens with one attached hydrogen (secondary N) is 1. The molecule has 0 unspecified atom stereocenters. The van der Waals surface area contributed by atoms with Crippen molar-refractivity contribution in [2.45, 2.75) is 6.18 Å². The lowest BCUT2D eigenvalue weighted by Gasteiger charge is -2.11. The summed E-state index contributed by atoms with van der Waals surface area (Å²) in [6, 6.07) is 6.84. The number of hydrogen-bond acceptors (Lipinski definition) is 4. The third-order valence-corrected chi connectivity index (χ3v) is 3.43. The Labute approximate surface area is 148 Å². The predicted molar refractivity (Wildman–Crippen MR) is 83.5 cm³/mol. The fraction of sp³-hybridized carbons (Fsp3) is 0.0667. The van der Waals surface area contributed by atoms with Crippen LogP contribution < -0.4 is 5.32 Å². The molecule has 0 radical (unpaired) electrons. The first-order chi connectivity index (χ1) is 12.3. The summed E-state index contributed by atoms with van der Waals surface area (Å²) in [4.78, 5) is 15.9. The van der Waals surface area contributed by atoms with Gasteiger partial charge >= 0.3 is 6.18 Å². The Kier molecular flexibility index (Phi) is 4.60. The fourth-order valence-electron chi connectivity index (χ4n) is 2.09. The van der Waals surface area contributed by atoms with Crippen molar-refractivity contribution in [3.05, 3.63) is 65.0 Å². The molecule has 3 rings (SSSR count). The van der Waals surface area contributed by atoms with Gasteiger partial charge in [-0.05, 0) is 36.4 Å². The number of carbonyl (C=O) groups excluding carboxylic acids is 1. The number of alkyl halides is 3. The number of nitrogens with zero attached hydrogens (tertiary/aromatic N) is 4. The molecule has 2 aromatic heterocycles. The van der Waals surface area contributed by atoms with E-state index >= 15 is 0 Å². The van der Waals surface area contributed by atoms with Crippen LogP contribution in [0.1, 0.15) is 16.2 Å². The Bertz CT molecular complexity index is 938. The predicted octanol–water partition coefficient (Wildman–Crippen LogP) is 3.73. The van der Waals surface area contributed by atoms with Crippen LogP contribution in [-0.4, -0.2) is 25.9 Å². The summed E-state index contributed by atoms with van der Waals surface area (Å²) in [5, 5.41) is 9.11. The van der Waals surface area contributed by atoms with Gasteiger partial charge in [-0.2, -0.15) is 13.2 Å². The number of anilines is 1. The van der Waals surface area contributed by atoms with Crippen LogP contribution in [-0.2, 0) is 6.18 Å². The first kappa shape index (κ1) is 17.8. The molecule has 1 aromatic carbocycles. The molecule has 0 aliphatic rings. The van der Waals surface area contributed by atoms with Gasteiger partial charge in [0.1, 0.15) is 11.0 Å². The van der Waals surface area contributed by atoms with Gasteiger partial charge in [0, 0.05) is 0 Å². The Morgan fingerprint density at radius 2 is 1.81 bits per heavy atom. The van der Waals surface area contributed by atoms with Crippen molar-refractivity contribution in [1.29, 1.82) is 0 Å². The van der Waals surface area contributed by atoms with Crippen molar-refractivity contribution >= 4 is 23.2 Å². The quantitative estimate of drug-likeness (QED) is 0.551. The minimum atomic E-state index is -4.93. The number of aromatic nitrogens is 4. The van der Waals surface area contributed by atoms with Gasteiger partial charge in [-0.1, -0.05) is 16.8 Å². The molecule has 0 fully saturated rings. The zero-order valence-electron chi connectivity index (χ0n) is 12.6. The van der Waals surface area contributed by atoms with E-state index in [0.717, 1.165) is 24.3 Å². The first-order valence-electron chi connectivity index (χ1n) is 6.97. The van der Waals surface area contributed by atoms with E-state index in [-0.39, 0.29) is 16.5 Å². The lowest BCUT2D eigenvalue weighted by molar-refractivity contribution is -0.143. The number of amides is 1. The highest BCUT2D eigenvalue weighted by molar-refractivity contribution is 6.29. The lowest BCUT2D eigenvalue weighted by Crippen LogP contribution is -2.21. The van der Waals surface area contributed by atoms with E-state index in [1.807, 2.05) is 0 Å². The molecular formula is C15H8ClF4N5O. The third kappa shape index (κ3) is 3.64. The van der Waals surface area contributed by atoms with Crippen LogP contribution in [0.3, 0.4) is 0 Å². The van der Waals surface area contributed by atoms with Gasteiger partial charge in [0.2, 0.25) is 0 Å². The van der Waals surface area contributed by atoms with E-state index in [4.69, 9.17) is 11.6 Å². The standard InChI is InChI=1S/C15H8ClF4N5O/c16-11-6-3-9(7-21-11)22-14(26)12-13(15(18,19)20)25(24-23-12)10-4-1-8(17)2-5-10/h1-7H,(H,22,26). The fourth-order valence-corrected chi connectivity index (χ4v) is 2.20. The van der Waals surface area contributed by atoms with Crippen LogP contribution in [0, 0.1) is 5.82 Å². The summed E-state index contributed by atoms with van der Waals surface area (Å²) < 4.78 is 53.8. The molecular weight excluding hydrogens is 378 g/mol. The van der Waals surface area contributed by atoms with E-state index in [1.165, 1.54) is 18.3 Å². The van der Waals surface area contributed by atoms with Crippen LogP contribution in [0.5, 0.6) is 0 Å². The Balaban J connectivity index is 2.00. The summed E-state index contributed by atoms with van der Waals surface area (Å²) in [6.45, 7) is 0. The SMILES string of the molecule is O=C(Nc1ccc(Cl)nc1)c1nnn(-c2ccc(F)cc2)c1C(F)(F)F. The summed E-state index contributed by atoms with van der Waals surface area (Å²) in [5.41, 5.74) is -2.29. The third-order valence-electron chi connectivity index (χ3n) is 3.21. The van der Waals surface area contributed by atoms with Crippen LogP contribution in [0.25, 0.3) is 5.69 Å². The molecule has 0 atom stereocenters. The monoisotopic (exact) mass is 385 g/mol. The second-order valence-electron chi connectivity index (χ2n) is 5.00. The molecule has 1 amide bonds. The zero-order valence-corrected chi connectivity index (χ0v) is 13.4. The molecule has 134 valence electrons. The molecule has 3 aromatic rings. The Hall–Kier alpha value is -3.01. The molecule has 0 aliphatic carbocycles. The van der Waals surface area contributed by atoms with Gasteiger partial charge in [0.05, 0.1) is 17.6 Å². The summed E-state index contributed by atoms with van der Waals surface area (Å²) in [6.07, 6.45) is -3.75. The van der Waals surface area contributed by atoms with E-state index in [2.05, 4.69) is 20.6 Å². The van der Waals surface area contributed by atoms with Crippen molar-refractivity contribution in [3.8, 4) is 5.69 Å². The largest absolute Gasteiger partial charge is 0.435 e. The van der Waals surface area contributed by atoms with Crippen molar-refractivity contribution in [3.63, 3.8) is 0 Å². The maximum absolute atomic E-state index is 13.5. The number of hydrogen-bond donors (Lipinski definition) is 1. The minimum Gasteiger partial charge on any atom is -0.319 e. The summed E-state index contributed by atoms with van der Waals surface area (Å²) in [5.74, 6) is -1.76. The molecule has 1 N–H and O–H groups in total. The Morgan fingerprint density at radius 3 is 2.38 bits per heavy atom. The average Bonchev–Trinajstić information content (AvgIpc) is 3.03. The highest BCUT2D eigenvalue weighted by Crippen LogP contribution is 2.33. The van der Waals surface area contributed by atoms with E-state index in [0.29, 0.717) is 4.68 Å². The molecule has 6 nitrogen and oxygen atoms in total. The summed E-state index contributed by atoms with van der Waals surface area (Å²) >= 11 is 5.61. The topological polar surface area (TPSA) is 72.7 Å². The van der Waals surface area contributed by atoms with Crippen molar-refractivity contribution in [2.24, 2.45) is 0 Å². The summed E-state index contributed by atoms with van der Waals surface area (Å²) in [7, 11) is 0. The molecule has 11 heteroatoms. The zero-order chi connectivity index (χ0) is 18.9. The van der Waals surface area contributed by atoms with Crippen molar-refractivity contribution in [1.82, 2.24) is 20.0 Å². The average molecular weight is 386 g/mol. The number of carbonyl (C=O) groups is 1. The number of halogens is 5. The van der Waals surface area contributed by atoms with Crippen LogP contribution in [0.4, 0.5) is 23.2 Å². The molecule has 0 bridgehead atoms. The maximum atomic E-state index is 13.5. The van der Waals surface area contributed by atoms with Crippen molar-refractivity contribution < 1.29 is 22.4 Å². The minimum absolute atomic E-state index is 0.0987. The first-order valence-corrected chi connectivity index (χ1v) is 7.35. The molecule has 0 spiro atoms. The lowest BCUT2D eigenvalue weighted by atomic mass is 10.2. The van der Waals surface area contributed by atoms with E-state index in [1.54, 1.807) is 0 Å². The van der Waals surface area contributed by atoms with Gasteiger partial charge < -0.3 is 5.32 Å². The van der Waals surface area contributed by atoms with E-state index in [9.17, 15) is 22.4 Å². The molecule has 2 heterocycles. The molecule has 26 heavy (non-hydrogen) atoms. The molecule has 0 saturated carbocycles. The van der Waals surface area contributed by atoms with Gasteiger partial charge in [0.15, 0.2) is 11.4 Å². The number of benzene rings is 1. The van der Waals surface area contributed by atoms with Gasteiger partial charge in [0.25, 0.3) is 5.91 Å². The second kappa shape index (κ2) is 6.71. The number of pyridine rings is 1. The molecule has 0 saturated heterocycles. The number of rotatable bonds is 3. The maximum Gasteiger partial charge on any atom is 0.435 e. The van der Waals surface area contributed by atoms with Crippen molar-refractivity contribution in [2.75, 3.05) is 5.32 Å². The normalized spacial score (nSPS) is 11.4. The van der Waals surface area contributed by atoms with E-state index < -0.39 is 29.3 Å². The molecule has 0 aliphatic heterocycles. The van der Waals surface area contributed by atoms with Crippen LogP contribution >= 0.6 is 11.6 Å². The highest BCUT2D eigenvalue weighted by Gasteiger charge is 2.42. The second-order valence-corrected chi connectivity index (χ2v) is 5.38. The smallest absolute Gasteiger partial charge is 0.319 e. The van der Waals surface area contributed by atoms with Gasteiger partial charge in [-0.25, -0.2) is 14.1 Å². The Morgan fingerprint density at radius 1 is 1.12 bits per heavy atom. The van der Waals surface area contributed by atoms with Crippen LogP contribution in [0.2, 0.25) is 5.15 Å². The van der Waals surface area contributed by atoms with Crippen LogP contribution in [0.15, 0.2) is 42.6 Å².